The normalized spacial score (nSPS) is 20.5. The van der Waals surface area contributed by atoms with E-state index in [0.717, 1.165) is 45.2 Å². The van der Waals surface area contributed by atoms with Crippen LogP contribution in [0.2, 0.25) is 0 Å². The van der Waals surface area contributed by atoms with Gasteiger partial charge in [-0.15, -0.1) is 0 Å². The highest BCUT2D eigenvalue weighted by Gasteiger charge is 2.40. The van der Waals surface area contributed by atoms with E-state index in [0.29, 0.717) is 6.42 Å². The molecule has 0 saturated heterocycles. The summed E-state index contributed by atoms with van der Waals surface area (Å²) < 4.78 is 0. The average molecular weight is 369 g/mol. The Labute approximate surface area is 164 Å². The number of phenolic OH excluding ortho intramolecular Hbond substituents is 1. The molecular formula is C25H23NO2. The molecule has 0 bridgehead atoms. The second kappa shape index (κ2) is 5.96. The van der Waals surface area contributed by atoms with Crippen molar-refractivity contribution in [3.8, 4) is 5.75 Å². The summed E-state index contributed by atoms with van der Waals surface area (Å²) in [6.07, 6.45) is 1.44. The van der Waals surface area contributed by atoms with Crippen molar-refractivity contribution < 1.29 is 9.90 Å². The number of phenols is 1. The Hall–Kier alpha value is -3.07. The van der Waals surface area contributed by atoms with Gasteiger partial charge in [-0.05, 0) is 51.9 Å². The zero-order chi connectivity index (χ0) is 19.5. The van der Waals surface area contributed by atoms with E-state index in [4.69, 9.17) is 0 Å². The van der Waals surface area contributed by atoms with Gasteiger partial charge in [0.2, 0.25) is 0 Å². The Balaban J connectivity index is 1.79. The van der Waals surface area contributed by atoms with Gasteiger partial charge < -0.3 is 10.4 Å². The number of carbonyl (C=O) groups is 1. The fourth-order valence-electron chi connectivity index (χ4n) is 4.77. The van der Waals surface area contributed by atoms with Crippen molar-refractivity contribution in [3.63, 3.8) is 0 Å². The topological polar surface area (TPSA) is 49.3 Å². The highest BCUT2D eigenvalue weighted by molar-refractivity contribution is 6.28. The number of allylic oxidation sites excluding steroid dienone is 1. The Morgan fingerprint density at radius 3 is 2.50 bits per heavy atom. The molecule has 2 N–H and O–H groups in total. The first-order chi connectivity index (χ1) is 13.4. The number of benzene rings is 3. The Bertz CT molecular complexity index is 1140. The molecule has 140 valence electrons. The van der Waals surface area contributed by atoms with Crippen LogP contribution in [0, 0.1) is 5.41 Å². The third-order valence-electron chi connectivity index (χ3n) is 5.96. The number of hydrogen-bond acceptors (Lipinski definition) is 3. The number of hydrogen-bond donors (Lipinski definition) is 2. The molecule has 3 nitrogen and oxygen atoms in total. The van der Waals surface area contributed by atoms with Crippen LogP contribution < -0.4 is 5.32 Å². The first-order valence-corrected chi connectivity index (χ1v) is 9.77. The molecule has 3 aromatic rings. The van der Waals surface area contributed by atoms with Crippen LogP contribution in [-0.2, 0) is 4.79 Å². The van der Waals surface area contributed by atoms with E-state index < -0.39 is 0 Å². The molecule has 0 fully saturated rings. The van der Waals surface area contributed by atoms with Gasteiger partial charge in [0, 0.05) is 23.2 Å². The van der Waals surface area contributed by atoms with E-state index in [1.165, 1.54) is 0 Å². The molecule has 0 radical (unpaired) electrons. The smallest absolute Gasteiger partial charge is 0.164 e. The van der Waals surface area contributed by atoms with E-state index in [1.807, 2.05) is 24.3 Å². The van der Waals surface area contributed by atoms with Crippen molar-refractivity contribution >= 4 is 27.8 Å². The number of aromatic hydroxyl groups is 1. The van der Waals surface area contributed by atoms with Gasteiger partial charge in [-0.1, -0.05) is 56.3 Å². The predicted molar refractivity (Wildman–Crippen MR) is 113 cm³/mol. The lowest BCUT2D eigenvalue weighted by Gasteiger charge is -2.40. The van der Waals surface area contributed by atoms with Crippen LogP contribution in [0.15, 0.2) is 66.2 Å². The summed E-state index contributed by atoms with van der Waals surface area (Å²) >= 11 is 0. The van der Waals surface area contributed by atoms with Crippen molar-refractivity contribution in [2.75, 3.05) is 5.32 Å². The van der Waals surface area contributed by atoms with Gasteiger partial charge in [0.15, 0.2) is 5.78 Å². The van der Waals surface area contributed by atoms with E-state index in [2.05, 4.69) is 43.4 Å². The number of ketones is 1. The van der Waals surface area contributed by atoms with Gasteiger partial charge in [-0.2, -0.15) is 0 Å². The van der Waals surface area contributed by atoms with Crippen molar-refractivity contribution in [1.29, 1.82) is 0 Å². The largest absolute Gasteiger partial charge is 0.508 e. The molecule has 0 spiro atoms. The maximum absolute atomic E-state index is 13.4. The Morgan fingerprint density at radius 1 is 0.964 bits per heavy atom. The van der Waals surface area contributed by atoms with E-state index in [9.17, 15) is 9.90 Å². The second-order valence-electron chi connectivity index (χ2n) is 8.72. The van der Waals surface area contributed by atoms with E-state index in [-0.39, 0.29) is 23.0 Å². The van der Waals surface area contributed by atoms with Crippen LogP contribution in [0.4, 0.5) is 5.69 Å². The van der Waals surface area contributed by atoms with Crippen LogP contribution >= 0.6 is 0 Å². The Morgan fingerprint density at radius 2 is 1.71 bits per heavy atom. The van der Waals surface area contributed by atoms with Crippen LogP contribution in [0.5, 0.6) is 5.75 Å². The Kier molecular flexibility index (Phi) is 3.63. The number of rotatable bonds is 1. The summed E-state index contributed by atoms with van der Waals surface area (Å²) in [5.41, 5.74) is 5.11. The molecule has 1 atom stereocenters. The third kappa shape index (κ3) is 2.62. The molecule has 3 aromatic carbocycles. The number of carbonyl (C=O) groups excluding carboxylic acids is 1. The summed E-state index contributed by atoms with van der Waals surface area (Å²) in [5.74, 6) is 0.481. The fraction of sp³-hybridized carbons (Fsp3) is 0.240. The first kappa shape index (κ1) is 17.1. The van der Waals surface area contributed by atoms with Crippen LogP contribution in [0.1, 0.15) is 43.9 Å². The molecule has 1 heterocycles. The van der Waals surface area contributed by atoms with Crippen molar-refractivity contribution in [3.05, 3.63) is 77.4 Å². The quantitative estimate of drug-likeness (QED) is 0.565. The highest BCUT2D eigenvalue weighted by Crippen LogP contribution is 2.51. The minimum absolute atomic E-state index is 0.0607. The molecule has 1 aliphatic heterocycles. The molecule has 0 aromatic heterocycles. The number of nitrogens with one attached hydrogen (secondary N) is 1. The highest BCUT2D eigenvalue weighted by atomic mass is 16.3. The monoisotopic (exact) mass is 369 g/mol. The summed E-state index contributed by atoms with van der Waals surface area (Å²) in [6.45, 7) is 4.34. The van der Waals surface area contributed by atoms with E-state index >= 15 is 0 Å². The SMILES string of the molecule is CC1(C)CC(=O)C2=C(C1)[C@H](c1ccc(O)cc1)Nc1ccc3ccccc3c12. The summed E-state index contributed by atoms with van der Waals surface area (Å²) in [5, 5.41) is 15.7. The zero-order valence-corrected chi connectivity index (χ0v) is 16.1. The van der Waals surface area contributed by atoms with Gasteiger partial charge in [0.1, 0.15) is 5.75 Å². The first-order valence-electron chi connectivity index (χ1n) is 9.77. The molecule has 5 rings (SSSR count). The third-order valence-corrected chi connectivity index (χ3v) is 5.96. The molecule has 0 unspecified atom stereocenters. The molecule has 0 saturated carbocycles. The number of fused-ring (bicyclic) bond motifs is 4. The number of anilines is 1. The lowest BCUT2D eigenvalue weighted by Crippen LogP contribution is -2.32. The predicted octanol–water partition coefficient (Wildman–Crippen LogP) is 5.85. The van der Waals surface area contributed by atoms with Crippen molar-refractivity contribution in [2.45, 2.75) is 32.7 Å². The second-order valence-corrected chi connectivity index (χ2v) is 8.72. The minimum Gasteiger partial charge on any atom is -0.508 e. The summed E-state index contributed by atoms with van der Waals surface area (Å²) in [6, 6.07) is 19.7. The molecule has 0 amide bonds. The summed E-state index contributed by atoms with van der Waals surface area (Å²) in [4.78, 5) is 13.4. The lowest BCUT2D eigenvalue weighted by atomic mass is 9.68. The number of Topliss-reactive ketones (excluding diaryl/α,β-unsaturated/α-hetero) is 1. The molecule has 2 aliphatic rings. The molecule has 3 heteroatoms. The fourth-order valence-corrected chi connectivity index (χ4v) is 4.77. The molecule has 1 aliphatic carbocycles. The average Bonchev–Trinajstić information content (AvgIpc) is 2.66. The van der Waals surface area contributed by atoms with E-state index in [1.54, 1.807) is 12.1 Å². The summed E-state index contributed by atoms with van der Waals surface area (Å²) in [7, 11) is 0. The van der Waals surface area contributed by atoms with Crippen molar-refractivity contribution in [2.24, 2.45) is 5.41 Å². The standard InChI is InChI=1S/C25H23NO2/c1-25(2)13-19-23(21(28)14-25)22-18-6-4-3-5-15(18)9-12-20(22)26-24(19)16-7-10-17(27)11-8-16/h3-12,24,26-27H,13-14H2,1-2H3/t24-/m0/s1. The van der Waals surface area contributed by atoms with Crippen molar-refractivity contribution in [1.82, 2.24) is 0 Å². The van der Waals surface area contributed by atoms with Crippen LogP contribution in [0.3, 0.4) is 0 Å². The lowest BCUT2D eigenvalue weighted by molar-refractivity contribution is -0.116. The minimum atomic E-state index is -0.0622. The zero-order valence-electron chi connectivity index (χ0n) is 16.1. The van der Waals surface area contributed by atoms with Gasteiger partial charge in [0.25, 0.3) is 0 Å². The van der Waals surface area contributed by atoms with Crippen LogP contribution in [0.25, 0.3) is 16.3 Å². The molecule has 28 heavy (non-hydrogen) atoms. The maximum Gasteiger partial charge on any atom is 0.164 e. The van der Waals surface area contributed by atoms with Gasteiger partial charge in [-0.25, -0.2) is 0 Å². The van der Waals surface area contributed by atoms with Gasteiger partial charge in [-0.3, -0.25) is 4.79 Å². The van der Waals surface area contributed by atoms with Crippen LogP contribution in [-0.4, -0.2) is 10.9 Å². The van der Waals surface area contributed by atoms with Gasteiger partial charge >= 0.3 is 0 Å². The molecular weight excluding hydrogens is 346 g/mol. The maximum atomic E-state index is 13.4. The van der Waals surface area contributed by atoms with Gasteiger partial charge in [0.05, 0.1) is 6.04 Å².